The maximum atomic E-state index is 13.0. The van der Waals surface area contributed by atoms with E-state index >= 15 is 0 Å². The van der Waals surface area contributed by atoms with Crippen LogP contribution in [0.25, 0.3) is 22.4 Å². The van der Waals surface area contributed by atoms with Gasteiger partial charge in [0.1, 0.15) is 17.4 Å². The number of nitrogens with zero attached hydrogens (tertiary/aromatic N) is 3. The molecule has 7 nitrogen and oxygen atoms in total. The minimum atomic E-state index is -4.42. The number of aromatic carboxylic acids is 1. The van der Waals surface area contributed by atoms with Gasteiger partial charge in [-0.15, -0.1) is 0 Å². The number of imidazole rings is 1. The summed E-state index contributed by atoms with van der Waals surface area (Å²) in [4.78, 5) is 25.2. The van der Waals surface area contributed by atoms with Crippen LogP contribution in [0.4, 0.5) is 19.0 Å². The zero-order chi connectivity index (χ0) is 25.3. The lowest BCUT2D eigenvalue weighted by Gasteiger charge is -2.32. The van der Waals surface area contributed by atoms with E-state index in [1.807, 2.05) is 12.1 Å². The number of aromatic amines is 1. The SMILES string of the molecule is O=C(O)c1cccc(OCC2CCN(c3ccc(-c4nc5cc(C(F)(F)F)ccc5[nH]4)cn3)CC2)c1. The molecular formula is C26H23F3N4O3. The van der Waals surface area contributed by atoms with E-state index < -0.39 is 17.7 Å². The van der Waals surface area contributed by atoms with Gasteiger partial charge in [0, 0.05) is 24.8 Å². The molecule has 2 N–H and O–H groups in total. The summed E-state index contributed by atoms with van der Waals surface area (Å²) in [5, 5.41) is 9.11. The summed E-state index contributed by atoms with van der Waals surface area (Å²) in [5.41, 5.74) is 0.939. The van der Waals surface area contributed by atoms with Crippen molar-refractivity contribution in [1.82, 2.24) is 15.0 Å². The Labute approximate surface area is 204 Å². The van der Waals surface area contributed by atoms with Crippen LogP contribution in [-0.4, -0.2) is 45.7 Å². The normalized spacial score (nSPS) is 14.8. The monoisotopic (exact) mass is 496 g/mol. The van der Waals surface area contributed by atoms with E-state index in [1.54, 1.807) is 18.3 Å². The highest BCUT2D eigenvalue weighted by Gasteiger charge is 2.30. The summed E-state index contributed by atoms with van der Waals surface area (Å²) in [7, 11) is 0. The number of fused-ring (bicyclic) bond motifs is 1. The van der Waals surface area contributed by atoms with Crippen LogP contribution in [0.5, 0.6) is 5.75 Å². The van der Waals surface area contributed by atoms with Crippen molar-refractivity contribution in [3.63, 3.8) is 0 Å². The third-order valence-corrected chi connectivity index (χ3v) is 6.34. The summed E-state index contributed by atoms with van der Waals surface area (Å²) in [6, 6.07) is 13.7. The third kappa shape index (κ3) is 5.12. The van der Waals surface area contributed by atoms with Crippen molar-refractivity contribution >= 4 is 22.8 Å². The first-order valence-electron chi connectivity index (χ1n) is 11.5. The van der Waals surface area contributed by atoms with Crippen molar-refractivity contribution in [2.24, 2.45) is 5.92 Å². The minimum absolute atomic E-state index is 0.200. The molecule has 1 saturated heterocycles. The summed E-state index contributed by atoms with van der Waals surface area (Å²) in [6.07, 6.45) is -0.926. The second kappa shape index (κ2) is 9.52. The Morgan fingerprint density at radius 1 is 1.11 bits per heavy atom. The molecule has 0 aliphatic carbocycles. The molecule has 5 rings (SSSR count). The number of aromatic nitrogens is 3. The van der Waals surface area contributed by atoms with Crippen molar-refractivity contribution in [3.05, 3.63) is 71.9 Å². The second-order valence-electron chi connectivity index (χ2n) is 8.79. The van der Waals surface area contributed by atoms with Crippen LogP contribution in [0.3, 0.4) is 0 Å². The molecule has 0 radical (unpaired) electrons. The minimum Gasteiger partial charge on any atom is -0.493 e. The number of ether oxygens (including phenoxy) is 1. The third-order valence-electron chi connectivity index (χ3n) is 6.34. The van der Waals surface area contributed by atoms with Crippen molar-refractivity contribution < 1.29 is 27.8 Å². The van der Waals surface area contributed by atoms with Crippen LogP contribution in [0.2, 0.25) is 0 Å². The molecule has 0 unspecified atom stereocenters. The Hall–Kier alpha value is -4.08. The molecule has 36 heavy (non-hydrogen) atoms. The highest BCUT2D eigenvalue weighted by atomic mass is 19.4. The number of H-pyrrole nitrogens is 1. The number of hydrogen-bond acceptors (Lipinski definition) is 5. The standard InChI is InChI=1S/C26H23F3N4O3/c27-26(28,29)19-5-6-21-22(13-19)32-24(31-21)18-4-7-23(30-14-18)33-10-8-16(9-11-33)15-36-20-3-1-2-17(12-20)25(34)35/h1-7,12-14,16H,8-11,15H2,(H,31,32)(H,34,35). The number of hydrogen-bond donors (Lipinski definition) is 2. The molecule has 0 bridgehead atoms. The van der Waals surface area contributed by atoms with Gasteiger partial charge in [-0.3, -0.25) is 0 Å². The number of pyridine rings is 1. The van der Waals surface area contributed by atoms with Crippen molar-refractivity contribution in [2.75, 3.05) is 24.6 Å². The van der Waals surface area contributed by atoms with E-state index in [2.05, 4.69) is 19.9 Å². The molecule has 0 atom stereocenters. The lowest BCUT2D eigenvalue weighted by Crippen LogP contribution is -2.36. The van der Waals surface area contributed by atoms with Gasteiger partial charge in [-0.2, -0.15) is 13.2 Å². The van der Waals surface area contributed by atoms with Crippen LogP contribution in [-0.2, 0) is 6.18 Å². The summed E-state index contributed by atoms with van der Waals surface area (Å²) < 4.78 is 44.7. The van der Waals surface area contributed by atoms with E-state index in [0.717, 1.165) is 43.9 Å². The van der Waals surface area contributed by atoms with E-state index in [0.29, 0.717) is 35.2 Å². The van der Waals surface area contributed by atoms with Gasteiger partial charge in [-0.25, -0.2) is 14.8 Å². The number of benzene rings is 2. The number of alkyl halides is 3. The fourth-order valence-electron chi connectivity index (χ4n) is 4.29. The predicted molar refractivity (Wildman–Crippen MR) is 128 cm³/mol. The van der Waals surface area contributed by atoms with E-state index in [1.165, 1.54) is 18.2 Å². The molecule has 0 amide bonds. The molecular weight excluding hydrogens is 473 g/mol. The van der Waals surface area contributed by atoms with Gasteiger partial charge < -0.3 is 19.7 Å². The van der Waals surface area contributed by atoms with Crippen LogP contribution in [0, 0.1) is 5.92 Å². The Kier molecular flexibility index (Phi) is 6.26. The summed E-state index contributed by atoms with van der Waals surface area (Å²) in [6.45, 7) is 2.13. The smallest absolute Gasteiger partial charge is 0.416 e. The Bertz CT molecular complexity index is 1380. The second-order valence-corrected chi connectivity index (χ2v) is 8.79. The summed E-state index contributed by atoms with van der Waals surface area (Å²) in [5.74, 6) is 1.21. The molecule has 2 aromatic carbocycles. The highest BCUT2D eigenvalue weighted by Crippen LogP contribution is 2.32. The number of anilines is 1. The first kappa shape index (κ1) is 23.7. The van der Waals surface area contributed by atoms with Crippen LogP contribution in [0.15, 0.2) is 60.8 Å². The number of piperidine rings is 1. The number of rotatable bonds is 6. The molecule has 3 heterocycles. The lowest BCUT2D eigenvalue weighted by atomic mass is 9.98. The first-order chi connectivity index (χ1) is 17.3. The molecule has 1 aliphatic rings. The van der Waals surface area contributed by atoms with E-state index in [-0.39, 0.29) is 11.1 Å². The fourth-order valence-corrected chi connectivity index (χ4v) is 4.29. The van der Waals surface area contributed by atoms with Gasteiger partial charge in [0.2, 0.25) is 0 Å². The molecule has 0 spiro atoms. The Balaban J connectivity index is 1.18. The van der Waals surface area contributed by atoms with Crippen molar-refractivity contribution in [3.8, 4) is 17.1 Å². The number of carboxylic acids is 1. The van der Waals surface area contributed by atoms with Crippen LogP contribution >= 0.6 is 0 Å². The molecule has 1 aliphatic heterocycles. The van der Waals surface area contributed by atoms with Crippen LogP contribution in [0.1, 0.15) is 28.8 Å². The molecule has 10 heteroatoms. The largest absolute Gasteiger partial charge is 0.493 e. The zero-order valence-electron chi connectivity index (χ0n) is 19.1. The number of carbonyl (C=O) groups is 1. The van der Waals surface area contributed by atoms with E-state index in [4.69, 9.17) is 9.84 Å². The van der Waals surface area contributed by atoms with Gasteiger partial charge in [0.15, 0.2) is 0 Å². The topological polar surface area (TPSA) is 91.3 Å². The molecule has 4 aromatic rings. The molecule has 186 valence electrons. The number of nitrogens with one attached hydrogen (secondary N) is 1. The average Bonchev–Trinajstić information content (AvgIpc) is 3.31. The maximum Gasteiger partial charge on any atom is 0.416 e. The first-order valence-corrected chi connectivity index (χ1v) is 11.5. The Morgan fingerprint density at radius 3 is 2.61 bits per heavy atom. The molecule has 0 saturated carbocycles. The molecule has 2 aromatic heterocycles. The lowest BCUT2D eigenvalue weighted by molar-refractivity contribution is -0.137. The fraction of sp³-hybridized carbons (Fsp3) is 0.269. The van der Waals surface area contributed by atoms with Gasteiger partial charge >= 0.3 is 12.1 Å². The van der Waals surface area contributed by atoms with Crippen LogP contribution < -0.4 is 9.64 Å². The zero-order valence-corrected chi connectivity index (χ0v) is 19.1. The maximum absolute atomic E-state index is 13.0. The Morgan fingerprint density at radius 2 is 1.92 bits per heavy atom. The molecule has 1 fully saturated rings. The average molecular weight is 496 g/mol. The highest BCUT2D eigenvalue weighted by molar-refractivity contribution is 5.88. The van der Waals surface area contributed by atoms with Gasteiger partial charge in [-0.1, -0.05) is 6.07 Å². The van der Waals surface area contributed by atoms with Crippen molar-refractivity contribution in [1.29, 1.82) is 0 Å². The quantitative estimate of drug-likeness (QED) is 0.359. The number of halogens is 3. The predicted octanol–water partition coefficient (Wildman–Crippen LogP) is 5.64. The summed E-state index contributed by atoms with van der Waals surface area (Å²) >= 11 is 0. The van der Waals surface area contributed by atoms with Gasteiger partial charge in [-0.05, 0) is 67.3 Å². The number of carboxylic acid groups (broad SMARTS) is 1. The van der Waals surface area contributed by atoms with Crippen molar-refractivity contribution in [2.45, 2.75) is 19.0 Å². The van der Waals surface area contributed by atoms with E-state index in [9.17, 15) is 18.0 Å². The van der Waals surface area contributed by atoms with Gasteiger partial charge in [0.25, 0.3) is 0 Å². The van der Waals surface area contributed by atoms with Gasteiger partial charge in [0.05, 0.1) is 28.8 Å².